The van der Waals surface area contributed by atoms with Crippen LogP contribution in [-0.2, 0) is 0 Å². The molecule has 2 aliphatic rings. The summed E-state index contributed by atoms with van der Waals surface area (Å²) in [5.41, 5.74) is 1.76. The first kappa shape index (κ1) is 14.9. The number of nitrogens with zero attached hydrogens (tertiary/aromatic N) is 1. The van der Waals surface area contributed by atoms with Gasteiger partial charge in [-0.25, -0.2) is 0 Å². The van der Waals surface area contributed by atoms with E-state index in [1.165, 1.54) is 19.3 Å². The number of piperazine rings is 1. The Hall–Kier alpha value is -1.06. The molecule has 1 aromatic carbocycles. The van der Waals surface area contributed by atoms with Crippen LogP contribution in [-0.4, -0.2) is 36.0 Å². The lowest BCUT2D eigenvalue weighted by molar-refractivity contribution is 0.0222. The van der Waals surface area contributed by atoms with E-state index in [4.69, 9.17) is 11.6 Å². The predicted octanol–water partition coefficient (Wildman–Crippen LogP) is 3.40. The first-order valence-electron chi connectivity index (χ1n) is 7.91. The minimum Gasteiger partial charge on any atom is -0.330 e. The minimum absolute atomic E-state index is 0.0289. The topological polar surface area (TPSA) is 32.3 Å². The monoisotopic (exact) mass is 306 g/mol. The number of nitrogens with one attached hydrogen (secondary N) is 1. The Morgan fingerprint density at radius 1 is 1.29 bits per heavy atom. The van der Waals surface area contributed by atoms with Crippen LogP contribution in [0.1, 0.15) is 48.0 Å². The normalized spacial score (nSPS) is 21.5. The lowest BCUT2D eigenvalue weighted by Gasteiger charge is -2.49. The molecule has 1 aromatic rings. The van der Waals surface area contributed by atoms with Gasteiger partial charge in [-0.2, -0.15) is 0 Å². The highest BCUT2D eigenvalue weighted by atomic mass is 35.5. The second kappa shape index (κ2) is 5.98. The van der Waals surface area contributed by atoms with Crippen LogP contribution in [0.5, 0.6) is 0 Å². The molecule has 114 valence electrons. The van der Waals surface area contributed by atoms with Gasteiger partial charge < -0.3 is 10.2 Å². The number of carbonyl (C=O) groups is 1. The van der Waals surface area contributed by atoms with E-state index < -0.39 is 0 Å². The Kier molecular flexibility index (Phi) is 4.23. The van der Waals surface area contributed by atoms with Crippen molar-refractivity contribution in [2.75, 3.05) is 19.6 Å². The van der Waals surface area contributed by atoms with Crippen molar-refractivity contribution in [1.82, 2.24) is 10.2 Å². The summed E-state index contributed by atoms with van der Waals surface area (Å²) >= 11 is 6.08. The van der Waals surface area contributed by atoms with Gasteiger partial charge in [0.05, 0.1) is 5.54 Å². The number of hydrogen-bond acceptors (Lipinski definition) is 2. The SMILES string of the molecule is Cc1cc(C(=O)N2CCNCC23CCCCC3)ccc1Cl. The fourth-order valence-corrected chi connectivity index (χ4v) is 3.87. The maximum Gasteiger partial charge on any atom is 0.254 e. The Labute approximate surface area is 131 Å². The van der Waals surface area contributed by atoms with Crippen LogP contribution in [0.4, 0.5) is 0 Å². The molecule has 0 radical (unpaired) electrons. The van der Waals surface area contributed by atoms with Gasteiger partial charge in [0.15, 0.2) is 0 Å². The second-order valence-electron chi connectivity index (χ2n) is 6.38. The second-order valence-corrected chi connectivity index (χ2v) is 6.79. The summed E-state index contributed by atoms with van der Waals surface area (Å²) in [5.74, 6) is 0.165. The van der Waals surface area contributed by atoms with Gasteiger partial charge in [-0.15, -0.1) is 0 Å². The van der Waals surface area contributed by atoms with E-state index in [-0.39, 0.29) is 11.4 Å². The molecule has 1 aliphatic heterocycles. The summed E-state index contributed by atoms with van der Waals surface area (Å²) < 4.78 is 0. The van der Waals surface area contributed by atoms with Crippen molar-refractivity contribution in [3.05, 3.63) is 34.3 Å². The summed E-state index contributed by atoms with van der Waals surface area (Å²) in [7, 11) is 0. The molecule has 3 rings (SSSR count). The van der Waals surface area contributed by atoms with E-state index in [1.54, 1.807) is 0 Å². The number of benzene rings is 1. The quantitative estimate of drug-likeness (QED) is 0.862. The summed E-state index contributed by atoms with van der Waals surface area (Å²) in [5, 5.41) is 4.21. The van der Waals surface area contributed by atoms with Gasteiger partial charge in [0.1, 0.15) is 0 Å². The third-order valence-electron chi connectivity index (χ3n) is 4.97. The Morgan fingerprint density at radius 2 is 2.05 bits per heavy atom. The molecule has 0 bridgehead atoms. The molecule has 2 fully saturated rings. The predicted molar refractivity (Wildman–Crippen MR) is 85.9 cm³/mol. The van der Waals surface area contributed by atoms with Crippen molar-refractivity contribution >= 4 is 17.5 Å². The van der Waals surface area contributed by atoms with Gasteiger partial charge in [0.25, 0.3) is 5.91 Å². The first-order chi connectivity index (χ1) is 10.1. The van der Waals surface area contributed by atoms with E-state index in [1.807, 2.05) is 25.1 Å². The number of aryl methyl sites for hydroxylation is 1. The molecule has 1 saturated carbocycles. The molecule has 1 saturated heterocycles. The maximum atomic E-state index is 13.0. The average Bonchev–Trinajstić information content (AvgIpc) is 2.51. The van der Waals surface area contributed by atoms with Crippen LogP contribution in [0.2, 0.25) is 5.02 Å². The van der Waals surface area contributed by atoms with Gasteiger partial charge in [0.2, 0.25) is 0 Å². The van der Waals surface area contributed by atoms with Gasteiger partial charge in [-0.05, 0) is 43.5 Å². The molecule has 0 atom stereocenters. The van der Waals surface area contributed by atoms with Crippen LogP contribution >= 0.6 is 11.6 Å². The van der Waals surface area contributed by atoms with Crippen molar-refractivity contribution in [2.24, 2.45) is 0 Å². The number of hydrogen-bond donors (Lipinski definition) is 1. The zero-order valence-electron chi connectivity index (χ0n) is 12.6. The number of halogens is 1. The summed E-state index contributed by atoms with van der Waals surface area (Å²) in [6.45, 7) is 4.58. The highest BCUT2D eigenvalue weighted by molar-refractivity contribution is 6.31. The molecule has 4 heteroatoms. The van der Waals surface area contributed by atoms with E-state index >= 15 is 0 Å². The Morgan fingerprint density at radius 3 is 2.76 bits per heavy atom. The van der Waals surface area contributed by atoms with Crippen LogP contribution in [0.25, 0.3) is 0 Å². The van der Waals surface area contributed by atoms with Crippen LogP contribution in [0.15, 0.2) is 18.2 Å². The van der Waals surface area contributed by atoms with Gasteiger partial charge in [-0.3, -0.25) is 4.79 Å². The van der Waals surface area contributed by atoms with E-state index in [0.29, 0.717) is 0 Å². The van der Waals surface area contributed by atoms with Gasteiger partial charge >= 0.3 is 0 Å². The average molecular weight is 307 g/mol. The van der Waals surface area contributed by atoms with Crippen molar-refractivity contribution < 1.29 is 4.79 Å². The van der Waals surface area contributed by atoms with Crippen molar-refractivity contribution in [3.8, 4) is 0 Å². The minimum atomic E-state index is 0.0289. The third-order valence-corrected chi connectivity index (χ3v) is 5.40. The van der Waals surface area contributed by atoms with E-state index in [9.17, 15) is 4.79 Å². The molecule has 21 heavy (non-hydrogen) atoms. The maximum absolute atomic E-state index is 13.0. The van der Waals surface area contributed by atoms with Crippen molar-refractivity contribution in [1.29, 1.82) is 0 Å². The van der Waals surface area contributed by atoms with Crippen LogP contribution < -0.4 is 5.32 Å². The molecule has 1 amide bonds. The van der Waals surface area contributed by atoms with Crippen LogP contribution in [0, 0.1) is 6.92 Å². The summed E-state index contributed by atoms with van der Waals surface area (Å²) in [6.07, 6.45) is 6.00. The molecular weight excluding hydrogens is 284 g/mol. The zero-order valence-corrected chi connectivity index (χ0v) is 13.4. The summed E-state index contributed by atoms with van der Waals surface area (Å²) in [4.78, 5) is 15.1. The fourth-order valence-electron chi connectivity index (χ4n) is 3.75. The number of amides is 1. The molecule has 1 heterocycles. The highest BCUT2D eigenvalue weighted by Gasteiger charge is 2.42. The first-order valence-corrected chi connectivity index (χ1v) is 8.29. The lowest BCUT2D eigenvalue weighted by atomic mass is 9.78. The Bertz CT molecular complexity index is 529. The van der Waals surface area contributed by atoms with Gasteiger partial charge in [0, 0.05) is 30.2 Å². The molecular formula is C17H23ClN2O. The van der Waals surface area contributed by atoms with E-state index in [2.05, 4.69) is 10.2 Å². The largest absolute Gasteiger partial charge is 0.330 e. The van der Waals surface area contributed by atoms with Crippen LogP contribution in [0.3, 0.4) is 0 Å². The van der Waals surface area contributed by atoms with Gasteiger partial charge in [-0.1, -0.05) is 30.9 Å². The molecule has 1 aliphatic carbocycles. The molecule has 3 nitrogen and oxygen atoms in total. The standard InChI is InChI=1S/C17H23ClN2O/c1-13-11-14(5-6-15(13)18)16(21)20-10-9-19-12-17(20)7-3-2-4-8-17/h5-6,11,19H,2-4,7-10,12H2,1H3. The molecule has 0 unspecified atom stereocenters. The molecule has 1 N–H and O–H groups in total. The van der Waals surface area contributed by atoms with Crippen molar-refractivity contribution in [2.45, 2.75) is 44.6 Å². The number of rotatable bonds is 1. The Balaban J connectivity index is 1.88. The number of carbonyl (C=O) groups excluding carboxylic acids is 1. The van der Waals surface area contributed by atoms with Crippen molar-refractivity contribution in [3.63, 3.8) is 0 Å². The summed E-state index contributed by atoms with van der Waals surface area (Å²) in [6, 6.07) is 5.61. The van der Waals surface area contributed by atoms with E-state index in [0.717, 1.165) is 48.6 Å². The highest BCUT2D eigenvalue weighted by Crippen LogP contribution is 2.35. The lowest BCUT2D eigenvalue weighted by Crippen LogP contribution is -2.63. The fraction of sp³-hybridized carbons (Fsp3) is 0.588. The third kappa shape index (κ3) is 2.82. The molecule has 1 spiro atoms. The zero-order chi connectivity index (χ0) is 14.9. The smallest absolute Gasteiger partial charge is 0.254 e. The molecule has 0 aromatic heterocycles.